The average Bonchev–Trinajstić information content (AvgIpc) is 2.99. The first-order chi connectivity index (χ1) is 7.55. The van der Waals surface area contributed by atoms with E-state index < -0.39 is 10.0 Å². The predicted octanol–water partition coefficient (Wildman–Crippen LogP) is 0.750. The molecule has 0 aromatic heterocycles. The third kappa shape index (κ3) is 2.11. The summed E-state index contributed by atoms with van der Waals surface area (Å²) in [6.45, 7) is 2.48. The molecule has 0 aliphatic carbocycles. The van der Waals surface area contributed by atoms with Crippen molar-refractivity contribution in [3.63, 3.8) is 0 Å². The number of rotatable bonds is 4. The summed E-state index contributed by atoms with van der Waals surface area (Å²) in [5, 5.41) is 8.75. The van der Waals surface area contributed by atoms with Crippen LogP contribution >= 0.6 is 0 Å². The molecule has 16 heavy (non-hydrogen) atoms. The Morgan fingerprint density at radius 1 is 1.38 bits per heavy atom. The van der Waals surface area contributed by atoms with Gasteiger partial charge in [-0.25, -0.2) is 8.42 Å². The molecule has 1 heterocycles. The molecule has 88 valence electrons. The van der Waals surface area contributed by atoms with Crippen LogP contribution in [0.2, 0.25) is 0 Å². The molecule has 0 amide bonds. The second kappa shape index (κ2) is 4.16. The zero-order valence-corrected chi connectivity index (χ0v) is 9.94. The lowest BCUT2D eigenvalue weighted by molar-refractivity contribution is 0.284. The molecule has 0 spiro atoms. The van der Waals surface area contributed by atoms with Crippen molar-refractivity contribution in [2.24, 2.45) is 0 Å². The molecule has 1 unspecified atom stereocenters. The van der Waals surface area contributed by atoms with E-state index in [0.29, 0.717) is 17.9 Å². The molecule has 5 heteroatoms. The van der Waals surface area contributed by atoms with Gasteiger partial charge >= 0.3 is 0 Å². The smallest absolute Gasteiger partial charge is 0.243 e. The zero-order chi connectivity index (χ0) is 11.8. The lowest BCUT2D eigenvalue weighted by Crippen LogP contribution is -2.15. The van der Waals surface area contributed by atoms with Crippen molar-refractivity contribution in [2.45, 2.75) is 24.3 Å². The number of hydrogen-bond donors (Lipinski definition) is 1. The van der Waals surface area contributed by atoms with E-state index in [1.807, 2.05) is 6.92 Å². The second-order valence-corrected chi connectivity index (χ2v) is 5.94. The van der Waals surface area contributed by atoms with E-state index in [9.17, 15) is 8.42 Å². The maximum absolute atomic E-state index is 12.0. The van der Waals surface area contributed by atoms with Gasteiger partial charge in [0, 0.05) is 19.2 Å². The number of aliphatic hydroxyl groups is 1. The largest absolute Gasteiger partial charge is 0.396 e. The van der Waals surface area contributed by atoms with Crippen LogP contribution in [0.15, 0.2) is 29.2 Å². The molecule has 0 saturated carbocycles. The van der Waals surface area contributed by atoms with E-state index in [2.05, 4.69) is 0 Å². The molecule has 4 nitrogen and oxygen atoms in total. The highest BCUT2D eigenvalue weighted by molar-refractivity contribution is 7.89. The van der Waals surface area contributed by atoms with Gasteiger partial charge in [0.15, 0.2) is 0 Å². The summed E-state index contributed by atoms with van der Waals surface area (Å²) in [6.07, 6.45) is 0.519. The van der Waals surface area contributed by atoms with Gasteiger partial charge < -0.3 is 5.11 Å². The van der Waals surface area contributed by atoms with Gasteiger partial charge in [0.05, 0.1) is 4.90 Å². The highest BCUT2D eigenvalue weighted by Gasteiger charge is 2.43. The first-order valence-corrected chi connectivity index (χ1v) is 6.69. The van der Waals surface area contributed by atoms with E-state index in [-0.39, 0.29) is 12.6 Å². The first-order valence-electron chi connectivity index (χ1n) is 5.25. The summed E-state index contributed by atoms with van der Waals surface area (Å²) in [5.74, 6) is 0. The fourth-order valence-corrected chi connectivity index (χ4v) is 3.30. The molecule has 1 aromatic carbocycles. The number of sulfonamides is 1. The maximum atomic E-state index is 12.0. The maximum Gasteiger partial charge on any atom is 0.243 e. The van der Waals surface area contributed by atoms with Crippen molar-refractivity contribution >= 4 is 10.0 Å². The van der Waals surface area contributed by atoms with Crippen molar-refractivity contribution in [3.8, 4) is 0 Å². The number of benzene rings is 1. The Hall–Kier alpha value is -0.910. The Morgan fingerprint density at radius 3 is 2.56 bits per heavy atom. The molecule has 1 aliphatic heterocycles. The van der Waals surface area contributed by atoms with Crippen LogP contribution in [-0.4, -0.2) is 37.0 Å². The van der Waals surface area contributed by atoms with Gasteiger partial charge in [-0.3, -0.25) is 0 Å². The molecule has 1 N–H and O–H groups in total. The van der Waals surface area contributed by atoms with Crippen LogP contribution in [-0.2, 0) is 10.0 Å². The SMILES string of the molecule is Cc1ccc(S(=O)(=O)N2C[C@H]2CCO)cc1. The fraction of sp³-hybridized carbons (Fsp3) is 0.455. The highest BCUT2D eigenvalue weighted by atomic mass is 32.2. The minimum Gasteiger partial charge on any atom is -0.396 e. The van der Waals surface area contributed by atoms with E-state index in [4.69, 9.17) is 5.11 Å². The molecular weight excluding hydrogens is 226 g/mol. The monoisotopic (exact) mass is 241 g/mol. The standard InChI is InChI=1S/C11H15NO3S/c1-9-2-4-11(5-3-9)16(14,15)12-8-10(12)6-7-13/h2-5,10,13H,6-8H2,1H3/t10-,12?/m1/s1. The van der Waals surface area contributed by atoms with Crippen molar-refractivity contribution < 1.29 is 13.5 Å². The molecule has 0 bridgehead atoms. The van der Waals surface area contributed by atoms with Crippen LogP contribution in [0.5, 0.6) is 0 Å². The molecule has 2 rings (SSSR count). The molecule has 1 aromatic rings. The minimum atomic E-state index is -3.33. The molecule has 1 aliphatic rings. The van der Waals surface area contributed by atoms with Gasteiger partial charge in [-0.2, -0.15) is 4.31 Å². The number of nitrogens with zero attached hydrogens (tertiary/aromatic N) is 1. The van der Waals surface area contributed by atoms with Crippen LogP contribution in [0.4, 0.5) is 0 Å². The topological polar surface area (TPSA) is 57.4 Å². The third-order valence-electron chi connectivity index (χ3n) is 2.75. The van der Waals surface area contributed by atoms with Crippen molar-refractivity contribution in [1.29, 1.82) is 0 Å². The van der Waals surface area contributed by atoms with Crippen LogP contribution in [0.3, 0.4) is 0 Å². The van der Waals surface area contributed by atoms with Crippen LogP contribution in [0.1, 0.15) is 12.0 Å². The summed E-state index contributed by atoms with van der Waals surface area (Å²) in [6, 6.07) is 6.81. The normalized spacial score (nSPS) is 24.4. The lowest BCUT2D eigenvalue weighted by Gasteiger charge is -2.06. The average molecular weight is 241 g/mol. The summed E-state index contributed by atoms with van der Waals surface area (Å²) in [7, 11) is -3.33. The van der Waals surface area contributed by atoms with Crippen molar-refractivity contribution in [2.75, 3.05) is 13.2 Å². The van der Waals surface area contributed by atoms with E-state index in [0.717, 1.165) is 5.56 Å². The van der Waals surface area contributed by atoms with Crippen molar-refractivity contribution in [1.82, 2.24) is 4.31 Å². The Kier molecular flexibility index (Phi) is 3.01. The quantitative estimate of drug-likeness (QED) is 0.791. The molecule has 1 saturated heterocycles. The summed E-state index contributed by atoms with van der Waals surface area (Å²) in [4.78, 5) is 0.332. The van der Waals surface area contributed by atoms with Gasteiger partial charge in [-0.1, -0.05) is 17.7 Å². The summed E-state index contributed by atoms with van der Waals surface area (Å²) < 4.78 is 25.5. The zero-order valence-electron chi connectivity index (χ0n) is 9.13. The van der Waals surface area contributed by atoms with Crippen molar-refractivity contribution in [3.05, 3.63) is 29.8 Å². The minimum absolute atomic E-state index is 0.0173. The van der Waals surface area contributed by atoms with Gasteiger partial charge in [0.2, 0.25) is 10.0 Å². The van der Waals surface area contributed by atoms with E-state index in [1.54, 1.807) is 24.3 Å². The lowest BCUT2D eigenvalue weighted by atomic mass is 10.2. The van der Waals surface area contributed by atoms with Crippen LogP contribution in [0, 0.1) is 6.92 Å². The fourth-order valence-electron chi connectivity index (χ4n) is 1.68. The Morgan fingerprint density at radius 2 is 2.00 bits per heavy atom. The summed E-state index contributed by atoms with van der Waals surface area (Å²) >= 11 is 0. The van der Waals surface area contributed by atoms with Gasteiger partial charge in [0.1, 0.15) is 0 Å². The van der Waals surface area contributed by atoms with Gasteiger partial charge in [-0.05, 0) is 25.5 Å². The first kappa shape index (κ1) is 11.6. The number of hydrogen-bond acceptors (Lipinski definition) is 3. The second-order valence-electron chi connectivity index (χ2n) is 4.05. The molecule has 2 atom stereocenters. The predicted molar refractivity (Wildman–Crippen MR) is 60.6 cm³/mol. The highest BCUT2D eigenvalue weighted by Crippen LogP contribution is 2.29. The summed E-state index contributed by atoms with van der Waals surface area (Å²) in [5.41, 5.74) is 1.04. The number of aryl methyl sites for hydroxylation is 1. The number of aliphatic hydroxyl groups excluding tert-OH is 1. The van der Waals surface area contributed by atoms with Gasteiger partial charge in [0.25, 0.3) is 0 Å². The molecule has 1 fully saturated rings. The Bertz CT molecular complexity index is 467. The van der Waals surface area contributed by atoms with Crippen LogP contribution in [0.25, 0.3) is 0 Å². The van der Waals surface area contributed by atoms with E-state index in [1.165, 1.54) is 4.31 Å². The third-order valence-corrected chi connectivity index (χ3v) is 4.69. The Balaban J connectivity index is 2.18. The Labute approximate surface area is 95.6 Å². The molecule has 0 radical (unpaired) electrons. The van der Waals surface area contributed by atoms with E-state index >= 15 is 0 Å². The van der Waals surface area contributed by atoms with Gasteiger partial charge in [-0.15, -0.1) is 0 Å². The van der Waals surface area contributed by atoms with Crippen LogP contribution < -0.4 is 0 Å². The molecular formula is C11H15NO3S.